The zero-order chi connectivity index (χ0) is 12.3. The van der Waals surface area contributed by atoms with Crippen molar-refractivity contribution >= 4 is 28.3 Å². The number of hydrogen-bond donors (Lipinski definition) is 1. The Morgan fingerprint density at radius 1 is 1.59 bits per heavy atom. The van der Waals surface area contributed by atoms with E-state index in [-0.39, 0.29) is 18.3 Å². The lowest BCUT2D eigenvalue weighted by molar-refractivity contribution is -0.139. The molecule has 2 rings (SSSR count). The lowest BCUT2D eigenvalue weighted by Crippen LogP contribution is -2.12. The van der Waals surface area contributed by atoms with Gasteiger partial charge in [-0.25, -0.2) is 4.98 Å². The largest absolute Gasteiger partial charge is 0.469 e. The first-order valence-electron chi connectivity index (χ1n) is 5.48. The van der Waals surface area contributed by atoms with Gasteiger partial charge in [0.15, 0.2) is 5.13 Å². The van der Waals surface area contributed by atoms with E-state index in [1.807, 2.05) is 0 Å². The first-order valence-corrected chi connectivity index (χ1v) is 6.36. The summed E-state index contributed by atoms with van der Waals surface area (Å²) in [5.41, 5.74) is 0.628. The second-order valence-electron chi connectivity index (χ2n) is 4.09. The van der Waals surface area contributed by atoms with E-state index in [2.05, 4.69) is 15.0 Å². The molecule has 1 aromatic rings. The number of hydrogen-bond acceptors (Lipinski definition) is 5. The Bertz CT molecular complexity index is 426. The van der Waals surface area contributed by atoms with Crippen LogP contribution >= 0.6 is 11.3 Å². The summed E-state index contributed by atoms with van der Waals surface area (Å²) in [6.45, 7) is 0. The molecular weight excluding hydrogens is 240 g/mol. The van der Waals surface area contributed by atoms with Crippen LogP contribution in [0.2, 0.25) is 0 Å². The van der Waals surface area contributed by atoms with Crippen molar-refractivity contribution in [1.82, 2.24) is 4.98 Å². The van der Waals surface area contributed by atoms with Gasteiger partial charge in [-0.2, -0.15) is 0 Å². The number of ether oxygens (including phenoxy) is 1. The fourth-order valence-corrected chi connectivity index (χ4v) is 2.15. The van der Waals surface area contributed by atoms with Gasteiger partial charge in [0.1, 0.15) is 0 Å². The summed E-state index contributed by atoms with van der Waals surface area (Å²) in [5.74, 6) is 0.238. The number of thiazole rings is 1. The van der Waals surface area contributed by atoms with E-state index in [0.717, 1.165) is 12.8 Å². The Hall–Kier alpha value is -1.43. The molecule has 5 nitrogen and oxygen atoms in total. The van der Waals surface area contributed by atoms with Crippen LogP contribution in [0.3, 0.4) is 0 Å². The molecule has 1 N–H and O–H groups in total. The third-order valence-electron chi connectivity index (χ3n) is 2.52. The number of rotatable bonds is 5. The van der Waals surface area contributed by atoms with Crippen molar-refractivity contribution < 1.29 is 14.3 Å². The normalized spacial score (nSPS) is 14.4. The van der Waals surface area contributed by atoms with E-state index in [1.54, 1.807) is 5.38 Å². The second kappa shape index (κ2) is 5.27. The fraction of sp³-hybridized carbons (Fsp3) is 0.545. The molecule has 1 aliphatic rings. The first-order chi connectivity index (χ1) is 8.17. The highest BCUT2D eigenvalue weighted by molar-refractivity contribution is 7.13. The highest BCUT2D eigenvalue weighted by atomic mass is 32.1. The topological polar surface area (TPSA) is 68.3 Å². The number of aromatic nitrogens is 1. The molecule has 0 atom stereocenters. The Balaban J connectivity index is 1.84. The van der Waals surface area contributed by atoms with Crippen molar-refractivity contribution in [3.8, 4) is 0 Å². The maximum absolute atomic E-state index is 11.5. The summed E-state index contributed by atoms with van der Waals surface area (Å²) < 4.78 is 4.54. The van der Waals surface area contributed by atoms with Gasteiger partial charge in [-0.15, -0.1) is 11.3 Å². The molecule has 1 fully saturated rings. The standard InChI is InChI=1S/C11H14N2O3S/c1-16-10(15)5-8-6-17-11(12-8)13-9(14)4-7-2-3-7/h6-7H,2-5H2,1H3,(H,12,13,14). The molecule has 1 heterocycles. The number of carbonyl (C=O) groups is 2. The van der Waals surface area contributed by atoms with Gasteiger partial charge in [0, 0.05) is 11.8 Å². The lowest BCUT2D eigenvalue weighted by Gasteiger charge is -1.99. The number of esters is 1. The SMILES string of the molecule is COC(=O)Cc1csc(NC(=O)CC2CC2)n1. The molecule has 0 aliphatic heterocycles. The summed E-state index contributed by atoms with van der Waals surface area (Å²) in [6.07, 6.45) is 3.02. The van der Waals surface area contributed by atoms with E-state index in [0.29, 0.717) is 23.2 Å². The van der Waals surface area contributed by atoms with Gasteiger partial charge in [0.2, 0.25) is 5.91 Å². The third kappa shape index (κ3) is 3.81. The van der Waals surface area contributed by atoms with Gasteiger partial charge < -0.3 is 10.1 Å². The number of carbonyl (C=O) groups excluding carboxylic acids is 2. The summed E-state index contributed by atoms with van der Waals surface area (Å²) >= 11 is 1.33. The number of methoxy groups -OCH3 is 1. The van der Waals surface area contributed by atoms with Gasteiger partial charge in [0.05, 0.1) is 19.2 Å². The van der Waals surface area contributed by atoms with Crippen LogP contribution in [0.25, 0.3) is 0 Å². The molecule has 0 aromatic carbocycles. The third-order valence-corrected chi connectivity index (χ3v) is 3.33. The van der Waals surface area contributed by atoms with Gasteiger partial charge in [-0.1, -0.05) is 0 Å². The van der Waals surface area contributed by atoms with Crippen molar-refractivity contribution in [2.24, 2.45) is 5.92 Å². The van der Waals surface area contributed by atoms with Crippen LogP contribution in [0.5, 0.6) is 0 Å². The Morgan fingerprint density at radius 3 is 3.00 bits per heavy atom. The highest BCUT2D eigenvalue weighted by Crippen LogP contribution is 2.32. The van der Waals surface area contributed by atoms with E-state index in [4.69, 9.17) is 0 Å². The lowest BCUT2D eigenvalue weighted by atomic mass is 10.3. The molecular formula is C11H14N2O3S. The Kier molecular flexibility index (Phi) is 3.73. The van der Waals surface area contributed by atoms with Crippen molar-refractivity contribution in [3.63, 3.8) is 0 Å². The van der Waals surface area contributed by atoms with Crippen molar-refractivity contribution in [2.75, 3.05) is 12.4 Å². The highest BCUT2D eigenvalue weighted by Gasteiger charge is 2.24. The molecule has 1 saturated carbocycles. The zero-order valence-corrected chi connectivity index (χ0v) is 10.4. The van der Waals surface area contributed by atoms with Crippen LogP contribution in [0.15, 0.2) is 5.38 Å². The summed E-state index contributed by atoms with van der Waals surface area (Å²) in [5, 5.41) is 5.05. The molecule has 0 spiro atoms. The zero-order valence-electron chi connectivity index (χ0n) is 9.56. The van der Waals surface area contributed by atoms with Gasteiger partial charge in [0.25, 0.3) is 0 Å². The van der Waals surface area contributed by atoms with Gasteiger partial charge in [-0.05, 0) is 18.8 Å². The summed E-state index contributed by atoms with van der Waals surface area (Å²) in [4.78, 5) is 26.7. The molecule has 0 unspecified atom stereocenters. The fourth-order valence-electron chi connectivity index (χ4n) is 1.42. The average molecular weight is 254 g/mol. The van der Waals surface area contributed by atoms with Crippen LogP contribution in [0, 0.1) is 5.92 Å². The molecule has 0 bridgehead atoms. The van der Waals surface area contributed by atoms with E-state index in [1.165, 1.54) is 18.4 Å². The predicted octanol–water partition coefficient (Wildman–Crippen LogP) is 1.60. The van der Waals surface area contributed by atoms with Crippen molar-refractivity contribution in [3.05, 3.63) is 11.1 Å². The van der Waals surface area contributed by atoms with E-state index in [9.17, 15) is 9.59 Å². The molecule has 0 saturated heterocycles. The van der Waals surface area contributed by atoms with Crippen molar-refractivity contribution in [1.29, 1.82) is 0 Å². The maximum atomic E-state index is 11.5. The minimum atomic E-state index is -0.328. The van der Waals surface area contributed by atoms with Crippen LogP contribution in [0.1, 0.15) is 25.0 Å². The van der Waals surface area contributed by atoms with Crippen molar-refractivity contribution in [2.45, 2.75) is 25.7 Å². The number of amides is 1. The Labute approximate surface area is 103 Å². The van der Waals surface area contributed by atoms with E-state index >= 15 is 0 Å². The quantitative estimate of drug-likeness (QED) is 0.810. The minimum absolute atomic E-state index is 0.00599. The smallest absolute Gasteiger partial charge is 0.311 e. The molecule has 1 aromatic heterocycles. The Morgan fingerprint density at radius 2 is 2.35 bits per heavy atom. The molecule has 17 heavy (non-hydrogen) atoms. The van der Waals surface area contributed by atoms with E-state index < -0.39 is 0 Å². The summed E-state index contributed by atoms with van der Waals surface area (Å²) in [7, 11) is 1.34. The van der Waals surface area contributed by atoms with Crippen LogP contribution < -0.4 is 5.32 Å². The molecule has 92 valence electrons. The van der Waals surface area contributed by atoms with Crippen LogP contribution in [-0.4, -0.2) is 24.0 Å². The number of nitrogens with one attached hydrogen (secondary N) is 1. The van der Waals surface area contributed by atoms with Crippen LogP contribution in [0.4, 0.5) is 5.13 Å². The first kappa shape index (κ1) is 12.0. The number of nitrogens with zero attached hydrogens (tertiary/aromatic N) is 1. The monoisotopic (exact) mass is 254 g/mol. The summed E-state index contributed by atoms with van der Waals surface area (Å²) in [6, 6.07) is 0. The minimum Gasteiger partial charge on any atom is -0.469 e. The molecule has 1 aliphatic carbocycles. The van der Waals surface area contributed by atoms with Gasteiger partial charge in [-0.3, -0.25) is 9.59 Å². The van der Waals surface area contributed by atoms with Crippen LogP contribution in [-0.2, 0) is 20.7 Å². The predicted molar refractivity (Wildman–Crippen MR) is 63.8 cm³/mol. The second-order valence-corrected chi connectivity index (χ2v) is 4.95. The van der Waals surface area contributed by atoms with Gasteiger partial charge >= 0.3 is 5.97 Å². The average Bonchev–Trinajstić information content (AvgIpc) is 2.99. The number of anilines is 1. The molecule has 1 amide bonds. The molecule has 6 heteroatoms. The molecule has 0 radical (unpaired) electrons. The maximum Gasteiger partial charge on any atom is 0.311 e.